The molecule has 8 heteroatoms. The van der Waals surface area contributed by atoms with Crippen molar-refractivity contribution in [3.8, 4) is 0 Å². The highest BCUT2D eigenvalue weighted by Crippen LogP contribution is 2.40. The minimum Gasteiger partial charge on any atom is -0.359 e. The topological polar surface area (TPSA) is 64.9 Å². The van der Waals surface area contributed by atoms with Crippen molar-refractivity contribution in [2.45, 2.75) is 81.0 Å². The van der Waals surface area contributed by atoms with Crippen molar-refractivity contribution in [1.82, 2.24) is 19.7 Å². The first-order valence-corrected chi connectivity index (χ1v) is 16.5. The molecular formula is C25H33N5OSSi. The van der Waals surface area contributed by atoms with Gasteiger partial charge in [-0.2, -0.15) is 4.98 Å². The quantitative estimate of drug-likeness (QED) is 0.306. The molecule has 0 bridgehead atoms. The second-order valence-corrected chi connectivity index (χ2v) is 16.9. The SMILES string of the molecule is C[Si](C)(C)CCOCn1nc(Sc2cccnc2)nc1Nc1c2c(cc3c1CCC3)CCC2. The molecule has 2 aromatic heterocycles. The smallest absolute Gasteiger partial charge is 0.228 e. The Balaban J connectivity index is 1.42. The van der Waals surface area contributed by atoms with E-state index in [4.69, 9.17) is 14.8 Å². The van der Waals surface area contributed by atoms with Gasteiger partial charge in [0.05, 0.1) is 0 Å². The summed E-state index contributed by atoms with van der Waals surface area (Å²) in [6, 6.07) is 7.58. The number of hydrogen-bond donors (Lipinski definition) is 1. The lowest BCUT2D eigenvalue weighted by Gasteiger charge is -2.18. The predicted octanol–water partition coefficient (Wildman–Crippen LogP) is 5.86. The van der Waals surface area contributed by atoms with Crippen LogP contribution >= 0.6 is 11.8 Å². The molecule has 33 heavy (non-hydrogen) atoms. The molecule has 0 spiro atoms. The standard InChI is InChI=1S/C25H33N5OSSi/c1-33(2,3)14-13-31-17-30-24(28-25(29-30)32-20-9-6-12-26-16-20)27-23-21-10-4-7-18(21)15-19-8-5-11-22(19)23/h6,9,12,15-16H,4-5,7-8,10-11,13-14,17H2,1-3H3,(H,27,28,29). The highest BCUT2D eigenvalue weighted by Gasteiger charge is 2.25. The average molecular weight is 480 g/mol. The van der Waals surface area contributed by atoms with E-state index in [1.165, 1.54) is 65.4 Å². The summed E-state index contributed by atoms with van der Waals surface area (Å²) in [5.74, 6) is 0.767. The summed E-state index contributed by atoms with van der Waals surface area (Å²) in [5.41, 5.74) is 7.27. The molecule has 174 valence electrons. The highest BCUT2D eigenvalue weighted by atomic mass is 32.2. The molecule has 2 heterocycles. The fourth-order valence-electron chi connectivity index (χ4n) is 4.67. The second-order valence-electron chi connectivity index (χ2n) is 10.2. The molecule has 0 amide bonds. The number of aryl methyl sites for hydroxylation is 2. The summed E-state index contributed by atoms with van der Waals surface area (Å²) in [4.78, 5) is 10.1. The minimum atomic E-state index is -1.14. The summed E-state index contributed by atoms with van der Waals surface area (Å²) >= 11 is 1.53. The molecule has 0 saturated heterocycles. The molecule has 1 aromatic carbocycles. The lowest BCUT2D eigenvalue weighted by molar-refractivity contribution is 0.0792. The Morgan fingerprint density at radius 3 is 2.52 bits per heavy atom. The predicted molar refractivity (Wildman–Crippen MR) is 136 cm³/mol. The number of hydrogen-bond acceptors (Lipinski definition) is 6. The summed E-state index contributed by atoms with van der Waals surface area (Å²) in [6.07, 6.45) is 10.8. The highest BCUT2D eigenvalue weighted by molar-refractivity contribution is 7.99. The van der Waals surface area contributed by atoms with E-state index < -0.39 is 8.07 Å². The average Bonchev–Trinajstić information content (AvgIpc) is 3.51. The van der Waals surface area contributed by atoms with Gasteiger partial charge in [0.15, 0.2) is 0 Å². The van der Waals surface area contributed by atoms with Gasteiger partial charge in [0.25, 0.3) is 0 Å². The van der Waals surface area contributed by atoms with Crippen molar-refractivity contribution in [2.75, 3.05) is 11.9 Å². The number of nitrogens with zero attached hydrogens (tertiary/aromatic N) is 4. The van der Waals surface area contributed by atoms with Crippen LogP contribution in [0, 0.1) is 0 Å². The zero-order valence-corrected chi connectivity index (χ0v) is 21.7. The molecule has 5 rings (SSSR count). The Morgan fingerprint density at radius 2 is 1.85 bits per heavy atom. The van der Waals surface area contributed by atoms with E-state index in [1.807, 2.05) is 23.0 Å². The number of anilines is 2. The molecule has 0 saturated carbocycles. The van der Waals surface area contributed by atoms with E-state index >= 15 is 0 Å². The van der Waals surface area contributed by atoms with E-state index in [0.29, 0.717) is 11.9 Å². The van der Waals surface area contributed by atoms with Gasteiger partial charge in [0, 0.05) is 37.7 Å². The van der Waals surface area contributed by atoms with Gasteiger partial charge in [-0.25, -0.2) is 4.68 Å². The van der Waals surface area contributed by atoms with Gasteiger partial charge in [0.1, 0.15) is 6.73 Å². The fourth-order valence-corrected chi connectivity index (χ4v) is 6.17. The second kappa shape index (κ2) is 9.60. The largest absolute Gasteiger partial charge is 0.359 e. The van der Waals surface area contributed by atoms with Gasteiger partial charge in [0.2, 0.25) is 11.1 Å². The number of ether oxygens (including phenoxy) is 1. The van der Waals surface area contributed by atoms with Crippen molar-refractivity contribution in [3.63, 3.8) is 0 Å². The summed E-state index contributed by atoms with van der Waals surface area (Å²) in [5, 5.41) is 9.22. The Morgan fingerprint density at radius 1 is 1.09 bits per heavy atom. The number of nitrogens with one attached hydrogen (secondary N) is 1. The van der Waals surface area contributed by atoms with Gasteiger partial charge in [-0.15, -0.1) is 5.10 Å². The van der Waals surface area contributed by atoms with Crippen molar-refractivity contribution >= 4 is 31.5 Å². The summed E-state index contributed by atoms with van der Waals surface area (Å²) < 4.78 is 7.94. The first-order chi connectivity index (χ1) is 16.0. The number of fused-ring (bicyclic) bond motifs is 2. The third-order valence-corrected chi connectivity index (χ3v) is 8.95. The van der Waals surface area contributed by atoms with Crippen LogP contribution in [-0.4, -0.2) is 34.4 Å². The lowest BCUT2D eigenvalue weighted by atomic mass is 9.99. The van der Waals surface area contributed by atoms with Crippen LogP contribution < -0.4 is 5.32 Å². The Bertz CT molecular complexity index is 1090. The van der Waals surface area contributed by atoms with E-state index in [1.54, 1.807) is 6.20 Å². The van der Waals surface area contributed by atoms with Crippen LogP contribution in [0.25, 0.3) is 0 Å². The molecule has 0 fully saturated rings. The van der Waals surface area contributed by atoms with Crippen molar-refractivity contribution in [2.24, 2.45) is 0 Å². The van der Waals surface area contributed by atoms with Crippen LogP contribution in [0.5, 0.6) is 0 Å². The summed E-state index contributed by atoms with van der Waals surface area (Å²) in [6.45, 7) is 8.29. The maximum Gasteiger partial charge on any atom is 0.228 e. The van der Waals surface area contributed by atoms with Gasteiger partial charge in [-0.1, -0.05) is 25.7 Å². The number of rotatable bonds is 9. The third kappa shape index (κ3) is 5.33. The Labute approximate surface area is 201 Å². The molecule has 0 atom stereocenters. The van der Waals surface area contributed by atoms with Gasteiger partial charge < -0.3 is 10.1 Å². The molecule has 2 aliphatic rings. The fraction of sp³-hybridized carbons (Fsp3) is 0.480. The van der Waals surface area contributed by atoms with Gasteiger partial charge >= 0.3 is 0 Å². The molecule has 3 aromatic rings. The third-order valence-electron chi connectivity index (χ3n) is 6.42. The Kier molecular flexibility index (Phi) is 6.58. The van der Waals surface area contributed by atoms with Gasteiger partial charge in [-0.3, -0.25) is 4.98 Å². The first kappa shape index (κ1) is 22.6. The number of aromatic nitrogens is 4. The van der Waals surface area contributed by atoms with E-state index in [9.17, 15) is 0 Å². The minimum absolute atomic E-state index is 0.407. The van der Waals surface area contributed by atoms with Crippen LogP contribution in [0.2, 0.25) is 25.7 Å². The number of benzene rings is 1. The van der Waals surface area contributed by atoms with Crippen LogP contribution in [0.4, 0.5) is 11.6 Å². The molecule has 0 radical (unpaired) electrons. The van der Waals surface area contributed by atoms with E-state index in [2.05, 4.69) is 36.0 Å². The summed E-state index contributed by atoms with van der Waals surface area (Å²) in [7, 11) is -1.14. The zero-order valence-electron chi connectivity index (χ0n) is 19.9. The molecule has 6 nitrogen and oxygen atoms in total. The van der Waals surface area contributed by atoms with E-state index in [-0.39, 0.29) is 0 Å². The normalized spacial score (nSPS) is 15.0. The van der Waals surface area contributed by atoms with Crippen molar-refractivity contribution < 1.29 is 4.74 Å². The van der Waals surface area contributed by atoms with Crippen molar-refractivity contribution in [3.05, 3.63) is 52.8 Å². The van der Waals surface area contributed by atoms with Crippen LogP contribution in [0.1, 0.15) is 35.1 Å². The maximum absolute atomic E-state index is 6.06. The Hall–Kier alpha value is -2.16. The number of pyridine rings is 1. The zero-order chi connectivity index (χ0) is 22.8. The molecule has 0 unspecified atom stereocenters. The first-order valence-electron chi connectivity index (χ1n) is 12.0. The lowest BCUT2D eigenvalue weighted by Crippen LogP contribution is -2.22. The van der Waals surface area contributed by atoms with E-state index in [0.717, 1.165) is 36.3 Å². The molecule has 0 aliphatic heterocycles. The maximum atomic E-state index is 6.06. The molecule has 1 N–H and O–H groups in total. The van der Waals surface area contributed by atoms with Crippen LogP contribution in [0.15, 0.2) is 40.6 Å². The van der Waals surface area contributed by atoms with Crippen LogP contribution in [-0.2, 0) is 37.2 Å². The molecular weight excluding hydrogens is 446 g/mol. The monoisotopic (exact) mass is 479 g/mol. The molecule has 2 aliphatic carbocycles. The van der Waals surface area contributed by atoms with Crippen LogP contribution in [0.3, 0.4) is 0 Å². The van der Waals surface area contributed by atoms with Crippen molar-refractivity contribution in [1.29, 1.82) is 0 Å². The van der Waals surface area contributed by atoms with Gasteiger partial charge in [-0.05, 0) is 90.7 Å².